The van der Waals surface area contributed by atoms with Crippen molar-refractivity contribution in [3.63, 3.8) is 0 Å². The minimum Gasteiger partial charge on any atom is -0.345 e. The molecule has 2 aromatic heterocycles. The molecule has 3 N–H and O–H groups in total. The molecule has 0 spiro atoms. The fourth-order valence-corrected chi connectivity index (χ4v) is 4.83. The number of nitrogens with one attached hydrogen (secondary N) is 3. The molecule has 0 unspecified atom stereocenters. The molecular formula is C23H24F5N7O3S. The summed E-state index contributed by atoms with van der Waals surface area (Å²) >= 11 is 0.725. The van der Waals surface area contributed by atoms with E-state index in [4.69, 9.17) is 0 Å². The molecule has 1 aliphatic heterocycles. The first-order valence-electron chi connectivity index (χ1n) is 11.6. The molecule has 1 aliphatic rings. The number of halogens is 5. The van der Waals surface area contributed by atoms with Gasteiger partial charge in [0.1, 0.15) is 33.4 Å². The fourth-order valence-electron chi connectivity index (χ4n) is 3.75. The van der Waals surface area contributed by atoms with Crippen LogP contribution >= 0.6 is 11.3 Å². The molecule has 3 heterocycles. The number of likely N-dealkylation sites (tertiary alicyclic amines) is 1. The Morgan fingerprint density at radius 2 is 2.00 bits per heavy atom. The Bertz CT molecular complexity index is 1450. The minimum atomic E-state index is -4.68. The lowest BCUT2D eigenvalue weighted by Crippen LogP contribution is -2.45. The van der Waals surface area contributed by atoms with Gasteiger partial charge in [-0.3, -0.25) is 23.9 Å². The Morgan fingerprint density at radius 1 is 1.28 bits per heavy atom. The maximum absolute atomic E-state index is 13.6. The Balaban J connectivity index is 1.78. The lowest BCUT2D eigenvalue weighted by Gasteiger charge is -2.31. The molecule has 0 aliphatic carbocycles. The van der Waals surface area contributed by atoms with Gasteiger partial charge in [0.2, 0.25) is 5.91 Å². The van der Waals surface area contributed by atoms with Gasteiger partial charge in [-0.1, -0.05) is 6.07 Å². The standard InChI is InChI=1S/C23H24F5N7O3S/c1-2-35-20(38)15(39-21(35)14(9-29)19(37)31-12-23(26,27)28)10-30-16-5-3-6-17(32-16)33-18(36)11-34-8-4-7-22(24,25)13-34/h3,5-6,10H,2,4,7-8,11-13H2,1H3,(H,31,37)(H2,30,32,33,36)/b15-10+,21-14-. The zero-order valence-corrected chi connectivity index (χ0v) is 21.4. The average molecular weight is 574 g/mol. The molecule has 0 saturated carbocycles. The number of anilines is 2. The predicted octanol–water partition coefficient (Wildman–Crippen LogP) is 1.20. The number of carbonyl (C=O) groups excluding carboxylic acids is 2. The first kappa shape index (κ1) is 29.7. The molecule has 0 aromatic carbocycles. The van der Waals surface area contributed by atoms with Gasteiger partial charge in [0.05, 0.1) is 13.1 Å². The fraction of sp³-hybridized carbons (Fsp3) is 0.435. The van der Waals surface area contributed by atoms with E-state index < -0.39 is 48.1 Å². The summed E-state index contributed by atoms with van der Waals surface area (Å²) in [6, 6.07) is 6.10. The highest BCUT2D eigenvalue weighted by Crippen LogP contribution is 2.26. The van der Waals surface area contributed by atoms with Crippen molar-refractivity contribution in [2.45, 2.75) is 38.4 Å². The van der Waals surface area contributed by atoms with E-state index in [1.54, 1.807) is 24.4 Å². The maximum Gasteiger partial charge on any atom is 0.405 e. The van der Waals surface area contributed by atoms with E-state index in [1.807, 2.05) is 0 Å². The smallest absolute Gasteiger partial charge is 0.345 e. The second-order valence-corrected chi connectivity index (χ2v) is 9.55. The van der Waals surface area contributed by atoms with Crippen molar-refractivity contribution in [2.75, 3.05) is 36.8 Å². The topological polar surface area (TPSA) is 132 Å². The molecule has 16 heteroatoms. The number of piperidine rings is 1. The molecule has 210 valence electrons. The number of aromatic nitrogens is 2. The average Bonchev–Trinajstić information content (AvgIpc) is 3.15. The number of nitrogens with zero attached hydrogens (tertiary/aromatic N) is 4. The maximum atomic E-state index is 13.6. The molecule has 39 heavy (non-hydrogen) atoms. The molecule has 3 rings (SSSR count). The summed E-state index contributed by atoms with van der Waals surface area (Å²) in [4.78, 5) is 42.8. The second-order valence-electron chi connectivity index (χ2n) is 8.52. The van der Waals surface area contributed by atoms with Crippen LogP contribution in [0.4, 0.5) is 33.6 Å². The highest BCUT2D eigenvalue weighted by Gasteiger charge is 2.35. The van der Waals surface area contributed by atoms with Crippen LogP contribution in [0.1, 0.15) is 19.8 Å². The Morgan fingerprint density at radius 3 is 2.64 bits per heavy atom. The van der Waals surface area contributed by atoms with Gasteiger partial charge >= 0.3 is 6.18 Å². The normalized spacial score (nSPS) is 16.8. The zero-order chi connectivity index (χ0) is 28.8. The van der Waals surface area contributed by atoms with Gasteiger partial charge in [0, 0.05) is 19.2 Å². The molecule has 2 amide bonds. The van der Waals surface area contributed by atoms with Crippen LogP contribution in [0.3, 0.4) is 0 Å². The first-order valence-corrected chi connectivity index (χ1v) is 12.5. The van der Waals surface area contributed by atoms with Crippen LogP contribution in [0.2, 0.25) is 0 Å². The molecule has 10 nitrogen and oxygen atoms in total. The van der Waals surface area contributed by atoms with E-state index in [9.17, 15) is 41.6 Å². The number of nitriles is 1. The Labute approximate surface area is 222 Å². The van der Waals surface area contributed by atoms with Gasteiger partial charge in [0.15, 0.2) is 5.57 Å². The lowest BCUT2D eigenvalue weighted by molar-refractivity contribution is -0.135. The van der Waals surface area contributed by atoms with Crippen molar-refractivity contribution in [1.29, 1.82) is 5.26 Å². The summed E-state index contributed by atoms with van der Waals surface area (Å²) in [5.41, 5.74) is -1.23. The second kappa shape index (κ2) is 12.3. The van der Waals surface area contributed by atoms with Crippen molar-refractivity contribution in [3.8, 4) is 6.07 Å². The van der Waals surface area contributed by atoms with Gasteiger partial charge in [-0.2, -0.15) is 18.4 Å². The number of hydrogen-bond donors (Lipinski definition) is 3. The minimum absolute atomic E-state index is 0.0329. The summed E-state index contributed by atoms with van der Waals surface area (Å²) in [6.45, 7) is -0.390. The van der Waals surface area contributed by atoms with E-state index in [0.717, 1.165) is 15.9 Å². The quantitative estimate of drug-likeness (QED) is 0.405. The first-order chi connectivity index (χ1) is 18.3. The summed E-state index contributed by atoms with van der Waals surface area (Å²) in [6.07, 6.45) is -3.37. The van der Waals surface area contributed by atoms with E-state index >= 15 is 0 Å². The van der Waals surface area contributed by atoms with Crippen LogP contribution in [0.5, 0.6) is 0 Å². The predicted molar refractivity (Wildman–Crippen MR) is 133 cm³/mol. The highest BCUT2D eigenvalue weighted by atomic mass is 32.1. The van der Waals surface area contributed by atoms with Gasteiger partial charge in [-0.15, -0.1) is 11.3 Å². The summed E-state index contributed by atoms with van der Waals surface area (Å²) < 4.78 is 65.5. The SMILES string of the molecule is CCn1c(=O)/c(=C\Nc2cccc(NC(=O)CN3CCCC(F)(F)C3)n2)s/c1=C(/C#N)C(=O)NCC(F)(F)F. The monoisotopic (exact) mass is 573 g/mol. The van der Waals surface area contributed by atoms with Crippen LogP contribution in [0.25, 0.3) is 11.8 Å². The van der Waals surface area contributed by atoms with Crippen molar-refractivity contribution < 1.29 is 31.5 Å². The number of alkyl halides is 5. The molecule has 0 bridgehead atoms. The van der Waals surface area contributed by atoms with Crippen LogP contribution in [0.15, 0.2) is 23.0 Å². The molecular weight excluding hydrogens is 549 g/mol. The van der Waals surface area contributed by atoms with Crippen molar-refractivity contribution in [3.05, 3.63) is 37.7 Å². The number of hydrogen-bond acceptors (Lipinski definition) is 8. The van der Waals surface area contributed by atoms with Crippen LogP contribution < -0.4 is 30.7 Å². The van der Waals surface area contributed by atoms with E-state index in [0.29, 0.717) is 6.54 Å². The third-order valence-electron chi connectivity index (χ3n) is 5.43. The van der Waals surface area contributed by atoms with E-state index in [1.165, 1.54) is 23.2 Å². The summed E-state index contributed by atoms with van der Waals surface area (Å²) in [5, 5.41) is 16.3. The van der Waals surface area contributed by atoms with Crippen LogP contribution in [-0.4, -0.2) is 64.5 Å². The molecule has 0 atom stereocenters. The number of rotatable bonds is 8. The Hall–Kier alpha value is -3.84. The largest absolute Gasteiger partial charge is 0.405 e. The summed E-state index contributed by atoms with van der Waals surface area (Å²) in [5.74, 6) is -4.31. The van der Waals surface area contributed by atoms with E-state index in [2.05, 4.69) is 15.6 Å². The molecule has 0 radical (unpaired) electrons. The van der Waals surface area contributed by atoms with Gasteiger partial charge < -0.3 is 16.0 Å². The highest BCUT2D eigenvalue weighted by molar-refractivity contribution is 7.07. The number of thiazole rings is 1. The molecule has 1 saturated heterocycles. The Kier molecular flexibility index (Phi) is 9.41. The van der Waals surface area contributed by atoms with Gasteiger partial charge in [-0.25, -0.2) is 13.8 Å². The van der Waals surface area contributed by atoms with Crippen LogP contribution in [0, 0.1) is 11.3 Å². The van der Waals surface area contributed by atoms with E-state index in [-0.39, 0.29) is 46.8 Å². The van der Waals surface area contributed by atoms with Crippen LogP contribution in [-0.2, 0) is 16.1 Å². The van der Waals surface area contributed by atoms with Gasteiger partial charge in [-0.05, 0) is 32.0 Å². The summed E-state index contributed by atoms with van der Waals surface area (Å²) in [7, 11) is 0. The lowest BCUT2D eigenvalue weighted by atomic mass is 10.1. The molecule has 2 aromatic rings. The van der Waals surface area contributed by atoms with Crippen molar-refractivity contribution >= 4 is 46.6 Å². The molecule has 1 fully saturated rings. The van der Waals surface area contributed by atoms with Crippen molar-refractivity contribution in [1.82, 2.24) is 19.8 Å². The van der Waals surface area contributed by atoms with Crippen molar-refractivity contribution in [2.24, 2.45) is 0 Å². The number of amides is 2. The number of pyridine rings is 1. The third kappa shape index (κ3) is 8.32. The van der Waals surface area contributed by atoms with Gasteiger partial charge in [0.25, 0.3) is 17.4 Å². The zero-order valence-electron chi connectivity index (χ0n) is 20.6. The third-order valence-corrected chi connectivity index (χ3v) is 6.56. The number of carbonyl (C=O) groups is 2.